The number of nitrogens with zero attached hydrogens (tertiary/aromatic N) is 1. The molecule has 124 valence electrons. The van der Waals surface area contributed by atoms with Crippen LogP contribution in [0.4, 0.5) is 4.79 Å². The van der Waals surface area contributed by atoms with Crippen LogP contribution in [0.25, 0.3) is 0 Å². The van der Waals surface area contributed by atoms with Gasteiger partial charge in [0.05, 0.1) is 6.04 Å². The van der Waals surface area contributed by atoms with Gasteiger partial charge in [0.15, 0.2) is 17.3 Å². The van der Waals surface area contributed by atoms with Crippen molar-refractivity contribution < 1.29 is 23.8 Å². The van der Waals surface area contributed by atoms with Gasteiger partial charge >= 0.3 is 6.09 Å². The first-order chi connectivity index (χ1) is 10.8. The van der Waals surface area contributed by atoms with Crippen molar-refractivity contribution in [3.63, 3.8) is 0 Å². The lowest BCUT2D eigenvalue weighted by Crippen LogP contribution is -2.43. The lowest BCUT2D eigenvalue weighted by atomic mass is 10.0. The number of carbonyl (C=O) groups excluding carboxylic acids is 2. The van der Waals surface area contributed by atoms with Gasteiger partial charge in [-0.25, -0.2) is 4.79 Å². The molecule has 2 aliphatic rings. The maximum absolute atomic E-state index is 12.8. The van der Waals surface area contributed by atoms with E-state index in [1.54, 1.807) is 18.2 Å². The number of rotatable bonds is 2. The summed E-state index contributed by atoms with van der Waals surface area (Å²) in [5.74, 6) is 1.11. The lowest BCUT2D eigenvalue weighted by molar-refractivity contribution is 0.0222. The first-order valence-corrected chi connectivity index (χ1v) is 7.79. The van der Waals surface area contributed by atoms with Crippen molar-refractivity contribution in [2.45, 2.75) is 45.3 Å². The monoisotopic (exact) mass is 319 g/mol. The molecule has 1 aromatic rings. The van der Waals surface area contributed by atoms with E-state index < -0.39 is 17.7 Å². The molecule has 2 heterocycles. The third-order valence-electron chi connectivity index (χ3n) is 3.84. The van der Waals surface area contributed by atoms with Gasteiger partial charge in [0.25, 0.3) is 0 Å². The molecule has 0 radical (unpaired) electrons. The molecule has 6 nitrogen and oxygen atoms in total. The van der Waals surface area contributed by atoms with Crippen LogP contribution in [0.5, 0.6) is 11.5 Å². The summed E-state index contributed by atoms with van der Waals surface area (Å²) in [6.07, 6.45) is 1.00. The molecule has 1 fully saturated rings. The second-order valence-electron chi connectivity index (χ2n) is 6.76. The van der Waals surface area contributed by atoms with E-state index in [0.29, 0.717) is 30.0 Å². The number of benzene rings is 1. The number of hydrogen-bond donors (Lipinski definition) is 0. The molecule has 3 rings (SSSR count). The first-order valence-electron chi connectivity index (χ1n) is 7.79. The predicted octanol–water partition coefficient (Wildman–Crippen LogP) is 3.00. The van der Waals surface area contributed by atoms with Gasteiger partial charge in [0.1, 0.15) is 5.60 Å². The van der Waals surface area contributed by atoms with Crippen molar-refractivity contribution in [1.82, 2.24) is 4.90 Å². The van der Waals surface area contributed by atoms with Crippen LogP contribution in [0.15, 0.2) is 18.2 Å². The summed E-state index contributed by atoms with van der Waals surface area (Å²) in [4.78, 5) is 26.6. The molecule has 23 heavy (non-hydrogen) atoms. The number of Topliss-reactive ketones (excluding diaryl/α,β-unsaturated/α-hetero) is 1. The fourth-order valence-electron chi connectivity index (χ4n) is 2.82. The van der Waals surface area contributed by atoms with Crippen LogP contribution in [0.1, 0.15) is 44.0 Å². The first kappa shape index (κ1) is 15.6. The van der Waals surface area contributed by atoms with Crippen LogP contribution in [-0.2, 0) is 4.74 Å². The van der Waals surface area contributed by atoms with Crippen molar-refractivity contribution in [2.75, 3.05) is 13.3 Å². The molecule has 1 saturated heterocycles. The number of likely N-dealkylation sites (tertiary alicyclic amines) is 1. The Balaban J connectivity index is 1.77. The minimum Gasteiger partial charge on any atom is -0.454 e. The Morgan fingerprint density at radius 2 is 1.96 bits per heavy atom. The van der Waals surface area contributed by atoms with E-state index in [1.165, 1.54) is 4.90 Å². The second kappa shape index (κ2) is 5.76. The van der Waals surface area contributed by atoms with Gasteiger partial charge in [-0.2, -0.15) is 0 Å². The number of amides is 1. The largest absolute Gasteiger partial charge is 0.454 e. The number of fused-ring (bicyclic) bond motifs is 1. The fraction of sp³-hybridized carbons (Fsp3) is 0.529. The normalized spacial score (nSPS) is 19.8. The maximum Gasteiger partial charge on any atom is 0.410 e. The molecule has 0 aliphatic carbocycles. The minimum absolute atomic E-state index is 0.0911. The summed E-state index contributed by atoms with van der Waals surface area (Å²) in [5.41, 5.74) is -0.0545. The topological polar surface area (TPSA) is 65.1 Å². The zero-order valence-electron chi connectivity index (χ0n) is 13.6. The lowest BCUT2D eigenvalue weighted by Gasteiger charge is -2.28. The molecule has 0 unspecified atom stereocenters. The van der Waals surface area contributed by atoms with Gasteiger partial charge < -0.3 is 14.2 Å². The Morgan fingerprint density at radius 1 is 1.22 bits per heavy atom. The quantitative estimate of drug-likeness (QED) is 0.784. The summed E-state index contributed by atoms with van der Waals surface area (Å²) >= 11 is 0. The van der Waals surface area contributed by atoms with Crippen LogP contribution >= 0.6 is 0 Å². The molecular weight excluding hydrogens is 298 g/mol. The van der Waals surface area contributed by atoms with E-state index in [1.807, 2.05) is 20.8 Å². The molecule has 6 heteroatoms. The van der Waals surface area contributed by atoms with Gasteiger partial charge in [0, 0.05) is 12.1 Å². The Hall–Kier alpha value is -2.24. The molecule has 0 aromatic heterocycles. The Labute approximate surface area is 135 Å². The number of ketones is 1. The third-order valence-corrected chi connectivity index (χ3v) is 3.84. The van der Waals surface area contributed by atoms with Gasteiger partial charge in [-0.3, -0.25) is 9.69 Å². The van der Waals surface area contributed by atoms with Crippen LogP contribution in [0.3, 0.4) is 0 Å². The molecule has 1 aromatic carbocycles. The fourth-order valence-corrected chi connectivity index (χ4v) is 2.82. The van der Waals surface area contributed by atoms with E-state index in [4.69, 9.17) is 14.2 Å². The summed E-state index contributed by atoms with van der Waals surface area (Å²) in [5, 5.41) is 0. The van der Waals surface area contributed by atoms with Crippen molar-refractivity contribution in [1.29, 1.82) is 0 Å². The van der Waals surface area contributed by atoms with Gasteiger partial charge in [-0.1, -0.05) is 0 Å². The smallest absolute Gasteiger partial charge is 0.410 e. The van der Waals surface area contributed by atoms with E-state index in [9.17, 15) is 9.59 Å². The van der Waals surface area contributed by atoms with E-state index >= 15 is 0 Å². The van der Waals surface area contributed by atoms with Crippen molar-refractivity contribution in [2.24, 2.45) is 0 Å². The highest BCUT2D eigenvalue weighted by Crippen LogP contribution is 2.34. The van der Waals surface area contributed by atoms with Gasteiger partial charge in [-0.15, -0.1) is 0 Å². The molecule has 0 N–H and O–H groups in total. The predicted molar refractivity (Wildman–Crippen MR) is 82.9 cm³/mol. The number of carbonyl (C=O) groups is 2. The highest BCUT2D eigenvalue weighted by molar-refractivity contribution is 6.02. The van der Waals surface area contributed by atoms with Crippen molar-refractivity contribution in [3.8, 4) is 11.5 Å². The number of ether oxygens (including phenoxy) is 3. The minimum atomic E-state index is -0.577. The van der Waals surface area contributed by atoms with Crippen LogP contribution < -0.4 is 9.47 Å². The van der Waals surface area contributed by atoms with Crippen molar-refractivity contribution >= 4 is 11.9 Å². The molecule has 0 saturated carbocycles. The molecule has 2 aliphatic heterocycles. The zero-order valence-corrected chi connectivity index (χ0v) is 13.6. The summed E-state index contributed by atoms with van der Waals surface area (Å²) in [7, 11) is 0. The average molecular weight is 319 g/mol. The van der Waals surface area contributed by atoms with Crippen molar-refractivity contribution in [3.05, 3.63) is 23.8 Å². The second-order valence-corrected chi connectivity index (χ2v) is 6.76. The summed E-state index contributed by atoms with van der Waals surface area (Å²) in [6.45, 7) is 6.15. The highest BCUT2D eigenvalue weighted by atomic mass is 16.7. The van der Waals surface area contributed by atoms with Crippen LogP contribution in [-0.4, -0.2) is 41.8 Å². The van der Waals surface area contributed by atoms with E-state index in [2.05, 4.69) is 0 Å². The van der Waals surface area contributed by atoms with Gasteiger partial charge in [-0.05, 0) is 51.8 Å². The summed E-state index contributed by atoms with van der Waals surface area (Å²) in [6, 6.07) is 4.63. The molecule has 0 spiro atoms. The maximum atomic E-state index is 12.8. The molecule has 1 amide bonds. The average Bonchev–Trinajstić information content (AvgIpc) is 3.12. The zero-order chi connectivity index (χ0) is 16.6. The SMILES string of the molecule is CC(C)(C)OC(=O)N1CCC[C@H]1C(=O)c1ccc2c(c1)OCO2. The Morgan fingerprint density at radius 3 is 2.70 bits per heavy atom. The van der Waals surface area contributed by atoms with E-state index in [-0.39, 0.29) is 12.6 Å². The highest BCUT2D eigenvalue weighted by Gasteiger charge is 2.37. The molecular formula is C17H21NO5. The third kappa shape index (κ3) is 3.25. The Bertz CT molecular complexity index is 634. The summed E-state index contributed by atoms with van der Waals surface area (Å²) < 4.78 is 16.0. The van der Waals surface area contributed by atoms with Crippen LogP contribution in [0.2, 0.25) is 0 Å². The van der Waals surface area contributed by atoms with Crippen LogP contribution in [0, 0.1) is 0 Å². The van der Waals surface area contributed by atoms with E-state index in [0.717, 1.165) is 6.42 Å². The molecule has 0 bridgehead atoms. The standard InChI is InChI=1S/C17H21NO5/c1-17(2,3)23-16(20)18-8-4-5-12(18)15(19)11-6-7-13-14(9-11)22-10-21-13/h6-7,9,12H,4-5,8,10H2,1-3H3/t12-/m0/s1. The number of hydrogen-bond acceptors (Lipinski definition) is 5. The Kier molecular flexibility index (Phi) is 3.92. The molecule has 1 atom stereocenters. The van der Waals surface area contributed by atoms with Gasteiger partial charge in [0.2, 0.25) is 6.79 Å².